The fourth-order valence-electron chi connectivity index (χ4n) is 1.37. The molecule has 17 heavy (non-hydrogen) atoms. The van der Waals surface area contributed by atoms with Gasteiger partial charge < -0.3 is 34.9 Å². The Bertz CT molecular complexity index is 317. The van der Waals surface area contributed by atoms with Crippen molar-refractivity contribution in [1.29, 1.82) is 0 Å². The summed E-state index contributed by atoms with van der Waals surface area (Å²) in [6.45, 7) is -0.797. The molecule has 0 aliphatic carbocycles. The van der Waals surface area contributed by atoms with Gasteiger partial charge in [-0.2, -0.15) is 0 Å². The van der Waals surface area contributed by atoms with Crippen LogP contribution >= 0.6 is 7.82 Å². The number of aliphatic hydroxyl groups excluding tert-OH is 3. The molecule has 8 N–H and O–H groups in total. The van der Waals surface area contributed by atoms with Gasteiger partial charge in [-0.1, -0.05) is 0 Å². The van der Waals surface area contributed by atoms with Gasteiger partial charge in [0.2, 0.25) is 0 Å². The average molecular weight is 275 g/mol. The summed E-state index contributed by atoms with van der Waals surface area (Å²) in [4.78, 5) is 17.1. The Morgan fingerprint density at radius 2 is 1.88 bits per heavy atom. The van der Waals surface area contributed by atoms with Crippen molar-refractivity contribution in [1.82, 2.24) is 0 Å². The van der Waals surface area contributed by atoms with E-state index in [9.17, 15) is 19.9 Å². The summed E-state index contributed by atoms with van der Waals surface area (Å²) >= 11 is 0. The van der Waals surface area contributed by atoms with Crippen molar-refractivity contribution < 1.29 is 44.0 Å². The van der Waals surface area contributed by atoms with Crippen molar-refractivity contribution in [2.75, 3.05) is 6.61 Å². The normalized spacial score (nSPS) is 43.7. The number of aliphatic hydroxyl groups is 4. The van der Waals surface area contributed by atoms with Gasteiger partial charge in [-0.3, -0.25) is 10.3 Å². The minimum Gasteiger partial charge on any atom is -0.394 e. The number of phosphoric ester groups is 1. The van der Waals surface area contributed by atoms with Gasteiger partial charge in [-0.25, -0.2) is 4.57 Å². The van der Waals surface area contributed by atoms with Gasteiger partial charge in [-0.05, 0) is 0 Å². The zero-order valence-electron chi connectivity index (χ0n) is 8.45. The lowest BCUT2D eigenvalue weighted by atomic mass is 9.93. The molecule has 0 aromatic carbocycles. The number of ether oxygens (including phenoxy) is 1. The summed E-state index contributed by atoms with van der Waals surface area (Å²) < 4.78 is 19.3. The first kappa shape index (κ1) is 14.9. The molecule has 0 aromatic rings. The second-order valence-electron chi connectivity index (χ2n) is 3.60. The molecular formula is C6H14NO9P. The van der Waals surface area contributed by atoms with E-state index in [2.05, 4.69) is 9.26 Å². The summed E-state index contributed by atoms with van der Waals surface area (Å²) in [6, 6.07) is 0. The Morgan fingerprint density at radius 3 is 2.29 bits per heavy atom. The van der Waals surface area contributed by atoms with E-state index in [1.807, 2.05) is 0 Å². The van der Waals surface area contributed by atoms with Crippen molar-refractivity contribution in [3.05, 3.63) is 0 Å². The van der Waals surface area contributed by atoms with Crippen LogP contribution in [-0.2, 0) is 13.8 Å². The summed E-state index contributed by atoms with van der Waals surface area (Å²) in [6.07, 6.45) is -7.39. The van der Waals surface area contributed by atoms with Crippen LogP contribution in [0.3, 0.4) is 0 Å². The molecule has 5 atom stereocenters. The molecule has 10 nitrogen and oxygen atoms in total. The van der Waals surface area contributed by atoms with Gasteiger partial charge in [0.05, 0.1) is 6.61 Å². The second-order valence-corrected chi connectivity index (χ2v) is 4.79. The summed E-state index contributed by atoms with van der Waals surface area (Å²) in [5.74, 6) is 0. The molecule has 11 heteroatoms. The maximum Gasteiger partial charge on any atom is 0.472 e. The van der Waals surface area contributed by atoms with E-state index in [-0.39, 0.29) is 0 Å². The topological polar surface area (TPSA) is 183 Å². The van der Waals surface area contributed by atoms with Crippen LogP contribution in [0.15, 0.2) is 0 Å². The quantitative estimate of drug-likeness (QED) is 0.199. The lowest BCUT2D eigenvalue weighted by Crippen LogP contribution is -2.71. The van der Waals surface area contributed by atoms with Crippen LogP contribution in [0.2, 0.25) is 0 Å². The lowest BCUT2D eigenvalue weighted by molar-refractivity contribution is -0.314. The van der Waals surface area contributed by atoms with Gasteiger partial charge >= 0.3 is 7.82 Å². The predicted octanol–water partition coefficient (Wildman–Crippen LogP) is -3.82. The third kappa shape index (κ3) is 3.20. The zero-order valence-corrected chi connectivity index (χ0v) is 9.34. The maximum atomic E-state index is 10.6. The van der Waals surface area contributed by atoms with E-state index in [1.54, 1.807) is 0 Å². The molecule has 0 unspecified atom stereocenters. The lowest BCUT2D eigenvalue weighted by Gasteiger charge is -2.45. The third-order valence-corrected chi connectivity index (χ3v) is 2.77. The molecule has 1 rings (SSSR count). The van der Waals surface area contributed by atoms with Gasteiger partial charge in [0.1, 0.15) is 18.3 Å². The zero-order chi connectivity index (χ0) is 13.4. The van der Waals surface area contributed by atoms with Crippen LogP contribution in [0, 0.1) is 0 Å². The monoisotopic (exact) mass is 275 g/mol. The van der Waals surface area contributed by atoms with E-state index in [0.29, 0.717) is 0 Å². The molecule has 1 heterocycles. The summed E-state index contributed by atoms with van der Waals surface area (Å²) in [5, 5.41) is 37.2. The Labute approximate surface area is 95.4 Å². The molecule has 0 aromatic heterocycles. The number of nitrogens with two attached hydrogens (primary N) is 1. The molecule has 0 saturated carbocycles. The minimum absolute atomic E-state index is 0.797. The van der Waals surface area contributed by atoms with E-state index in [4.69, 9.17) is 20.6 Å². The Hall–Kier alpha value is -0.130. The summed E-state index contributed by atoms with van der Waals surface area (Å²) in [5.41, 5.74) is 2.54. The maximum absolute atomic E-state index is 10.6. The first-order valence-electron chi connectivity index (χ1n) is 4.47. The molecule has 1 aliphatic rings. The standard InChI is InChI=1S/C6H14NO9P/c7-6(11)3(9)2(1-8)15-5(4(6)10)16-17(12,13)14/h2-5,8-11H,1,7H2,(H2,12,13,14)/t2-,3+,4+,5+,6+/m1/s1. The fourth-order valence-corrected chi connectivity index (χ4v) is 1.81. The number of phosphoric acid groups is 1. The number of hydrogen-bond donors (Lipinski definition) is 7. The minimum atomic E-state index is -5.00. The van der Waals surface area contributed by atoms with Gasteiger partial charge in [0.15, 0.2) is 12.0 Å². The highest BCUT2D eigenvalue weighted by molar-refractivity contribution is 7.46. The third-order valence-electron chi connectivity index (χ3n) is 2.29. The molecule has 102 valence electrons. The number of rotatable bonds is 3. The first-order valence-corrected chi connectivity index (χ1v) is 6.00. The van der Waals surface area contributed by atoms with E-state index in [1.165, 1.54) is 0 Å². The van der Waals surface area contributed by atoms with Crippen molar-refractivity contribution in [3.63, 3.8) is 0 Å². The van der Waals surface area contributed by atoms with Crippen LogP contribution in [0.4, 0.5) is 0 Å². The van der Waals surface area contributed by atoms with Crippen LogP contribution in [-0.4, -0.2) is 67.1 Å². The molecule has 1 fully saturated rings. The van der Waals surface area contributed by atoms with Crippen molar-refractivity contribution in [3.8, 4) is 0 Å². The molecule has 0 spiro atoms. The molecule has 1 aliphatic heterocycles. The van der Waals surface area contributed by atoms with Gasteiger partial charge in [0.25, 0.3) is 0 Å². The smallest absolute Gasteiger partial charge is 0.394 e. The predicted molar refractivity (Wildman–Crippen MR) is 50.0 cm³/mol. The van der Waals surface area contributed by atoms with E-state index in [0.717, 1.165) is 0 Å². The highest BCUT2D eigenvalue weighted by atomic mass is 31.2. The SMILES string of the molecule is N[C@@]1(O)[C@@H](O)[C@H](OP(=O)(O)O)O[C@H](CO)[C@@H]1O. The largest absolute Gasteiger partial charge is 0.472 e. The molecular weight excluding hydrogens is 261 g/mol. The highest BCUT2D eigenvalue weighted by Gasteiger charge is 2.54. The highest BCUT2D eigenvalue weighted by Crippen LogP contribution is 2.41. The van der Waals surface area contributed by atoms with Crippen molar-refractivity contribution in [2.45, 2.75) is 30.3 Å². The van der Waals surface area contributed by atoms with Crippen molar-refractivity contribution in [2.24, 2.45) is 5.73 Å². The number of hydrogen-bond acceptors (Lipinski definition) is 8. The van der Waals surface area contributed by atoms with E-state index >= 15 is 0 Å². The second kappa shape index (κ2) is 4.86. The Balaban J connectivity index is 2.90. The molecule has 0 bridgehead atoms. The fraction of sp³-hybridized carbons (Fsp3) is 1.00. The Morgan fingerprint density at radius 1 is 1.35 bits per heavy atom. The van der Waals surface area contributed by atoms with Crippen LogP contribution in [0.25, 0.3) is 0 Å². The molecule has 0 amide bonds. The molecule has 0 radical (unpaired) electrons. The van der Waals surface area contributed by atoms with E-state index < -0.39 is 44.8 Å². The average Bonchev–Trinajstić information content (AvgIpc) is 2.18. The summed E-state index contributed by atoms with van der Waals surface area (Å²) in [7, 11) is -5.00. The molecule has 1 saturated heterocycles. The van der Waals surface area contributed by atoms with Crippen LogP contribution in [0.1, 0.15) is 0 Å². The first-order chi connectivity index (χ1) is 7.59. The van der Waals surface area contributed by atoms with Crippen LogP contribution < -0.4 is 5.73 Å². The Kier molecular flexibility index (Phi) is 4.27. The van der Waals surface area contributed by atoms with Crippen LogP contribution in [0.5, 0.6) is 0 Å². The van der Waals surface area contributed by atoms with Crippen molar-refractivity contribution >= 4 is 7.82 Å². The van der Waals surface area contributed by atoms with Gasteiger partial charge in [0, 0.05) is 0 Å². The van der Waals surface area contributed by atoms with Gasteiger partial charge in [-0.15, -0.1) is 0 Å².